The Bertz CT molecular complexity index is 457. The smallest absolute Gasteiger partial charge is 0.239 e. The third kappa shape index (κ3) is 4.00. The average molecular weight is 279 g/mol. The first-order valence-electron chi connectivity index (χ1n) is 7.25. The maximum absolute atomic E-state index is 9.99. The van der Waals surface area contributed by atoms with Crippen molar-refractivity contribution in [3.63, 3.8) is 0 Å². The van der Waals surface area contributed by atoms with Gasteiger partial charge in [-0.05, 0) is 45.7 Å². The van der Waals surface area contributed by atoms with Crippen molar-refractivity contribution in [2.24, 2.45) is 0 Å². The number of aliphatic hydroxyl groups excluding tert-OH is 1. The van der Waals surface area contributed by atoms with E-state index in [1.807, 2.05) is 26.8 Å². The van der Waals surface area contributed by atoms with E-state index >= 15 is 0 Å². The number of hydrogen-bond donors (Lipinski definition) is 3. The highest BCUT2D eigenvalue weighted by Crippen LogP contribution is 2.27. The predicted octanol–water partition coefficient (Wildman–Crippen LogP) is 2.56. The molecule has 1 saturated carbocycles. The van der Waals surface area contributed by atoms with Crippen LogP contribution in [0.1, 0.15) is 46.5 Å². The van der Waals surface area contributed by atoms with E-state index in [4.69, 9.17) is 10.5 Å². The molecule has 1 aliphatic carbocycles. The first-order valence-corrected chi connectivity index (χ1v) is 7.25. The Morgan fingerprint density at radius 2 is 2.00 bits per heavy atom. The van der Waals surface area contributed by atoms with E-state index in [-0.39, 0.29) is 17.7 Å². The lowest BCUT2D eigenvalue weighted by molar-refractivity contribution is 0.115. The molecule has 112 valence electrons. The Morgan fingerprint density at radius 1 is 1.30 bits per heavy atom. The fourth-order valence-electron chi connectivity index (χ4n) is 2.37. The maximum atomic E-state index is 9.99. The van der Waals surface area contributed by atoms with E-state index in [0.717, 1.165) is 25.7 Å². The molecule has 2 unspecified atom stereocenters. The lowest BCUT2D eigenvalue weighted by atomic mass is 9.92. The zero-order chi connectivity index (χ0) is 14.8. The van der Waals surface area contributed by atoms with Crippen molar-refractivity contribution in [1.29, 1.82) is 0 Å². The molecule has 1 aliphatic rings. The maximum Gasteiger partial charge on any atom is 0.239 e. The van der Waals surface area contributed by atoms with Crippen LogP contribution in [-0.4, -0.2) is 27.8 Å². The van der Waals surface area contributed by atoms with Crippen molar-refractivity contribution in [1.82, 2.24) is 4.98 Å². The molecule has 1 aromatic rings. The summed E-state index contributed by atoms with van der Waals surface area (Å²) in [6, 6.07) is 3.67. The van der Waals surface area contributed by atoms with Crippen molar-refractivity contribution < 1.29 is 9.84 Å². The molecule has 5 nitrogen and oxygen atoms in total. The van der Waals surface area contributed by atoms with E-state index in [0.29, 0.717) is 17.4 Å². The molecule has 2 rings (SSSR count). The van der Waals surface area contributed by atoms with Gasteiger partial charge in [-0.1, -0.05) is 12.8 Å². The van der Waals surface area contributed by atoms with Gasteiger partial charge in [0, 0.05) is 0 Å². The molecule has 0 spiro atoms. The molecule has 20 heavy (non-hydrogen) atoms. The molecule has 2 atom stereocenters. The van der Waals surface area contributed by atoms with Crippen LogP contribution >= 0.6 is 0 Å². The highest BCUT2D eigenvalue weighted by atomic mass is 16.5. The van der Waals surface area contributed by atoms with Gasteiger partial charge >= 0.3 is 0 Å². The van der Waals surface area contributed by atoms with Crippen LogP contribution in [-0.2, 0) is 0 Å². The second-order valence-electron chi connectivity index (χ2n) is 6.41. The van der Waals surface area contributed by atoms with E-state index in [1.165, 1.54) is 0 Å². The molecule has 1 heterocycles. The fourth-order valence-corrected chi connectivity index (χ4v) is 2.37. The molecule has 1 aromatic heterocycles. The van der Waals surface area contributed by atoms with E-state index in [9.17, 15) is 5.11 Å². The van der Waals surface area contributed by atoms with Crippen LogP contribution in [0.3, 0.4) is 0 Å². The zero-order valence-corrected chi connectivity index (χ0v) is 12.5. The molecule has 0 aliphatic heterocycles. The zero-order valence-electron chi connectivity index (χ0n) is 12.5. The minimum atomic E-state index is -0.343. The third-order valence-electron chi connectivity index (χ3n) is 3.36. The lowest BCUT2D eigenvalue weighted by Gasteiger charge is -2.29. The fraction of sp³-hybridized carbons (Fsp3) is 0.667. The molecule has 0 radical (unpaired) electrons. The topological polar surface area (TPSA) is 80.4 Å². The first kappa shape index (κ1) is 14.9. The Hall–Kier alpha value is -1.49. The summed E-state index contributed by atoms with van der Waals surface area (Å²) in [5.41, 5.74) is 6.07. The van der Waals surface area contributed by atoms with Gasteiger partial charge in [-0.25, -0.2) is 0 Å². The Kier molecular flexibility index (Phi) is 4.38. The third-order valence-corrected chi connectivity index (χ3v) is 3.36. The number of aromatic nitrogens is 1. The minimum absolute atomic E-state index is 0.0577. The Balaban J connectivity index is 2.10. The van der Waals surface area contributed by atoms with Crippen LogP contribution in [0.5, 0.6) is 5.88 Å². The normalized spacial score (nSPS) is 23.4. The first-order chi connectivity index (χ1) is 9.35. The average Bonchev–Trinajstić information content (AvgIpc) is 2.34. The number of nitrogens with one attached hydrogen (secondary N) is 1. The molecule has 0 saturated heterocycles. The molecule has 4 N–H and O–H groups in total. The number of nitrogen functional groups attached to an aromatic ring is 1. The molecule has 0 aromatic carbocycles. The molecule has 0 bridgehead atoms. The summed E-state index contributed by atoms with van der Waals surface area (Å²) in [6.07, 6.45) is 3.72. The minimum Gasteiger partial charge on any atom is -0.470 e. The summed E-state index contributed by atoms with van der Waals surface area (Å²) in [5, 5.41) is 13.3. The van der Waals surface area contributed by atoms with Crippen LogP contribution in [0.4, 0.5) is 11.5 Å². The highest BCUT2D eigenvalue weighted by molar-refractivity contribution is 5.54. The Morgan fingerprint density at radius 3 is 2.65 bits per heavy atom. The van der Waals surface area contributed by atoms with Gasteiger partial charge in [-0.15, -0.1) is 0 Å². The Labute approximate surface area is 120 Å². The van der Waals surface area contributed by atoms with Crippen LogP contribution in [0, 0.1) is 0 Å². The number of aliphatic hydroxyl groups is 1. The van der Waals surface area contributed by atoms with E-state index in [1.54, 1.807) is 6.07 Å². The summed E-state index contributed by atoms with van der Waals surface area (Å²) in [7, 11) is 0. The summed E-state index contributed by atoms with van der Waals surface area (Å²) in [4.78, 5) is 4.42. The molecular weight excluding hydrogens is 254 g/mol. The van der Waals surface area contributed by atoms with Crippen molar-refractivity contribution in [2.45, 2.75) is 64.2 Å². The second kappa shape index (κ2) is 5.87. The van der Waals surface area contributed by atoms with Crippen molar-refractivity contribution in [3.8, 4) is 5.88 Å². The largest absolute Gasteiger partial charge is 0.470 e. The number of anilines is 2. The molecule has 1 fully saturated rings. The van der Waals surface area contributed by atoms with Crippen LogP contribution in [0.2, 0.25) is 0 Å². The second-order valence-corrected chi connectivity index (χ2v) is 6.41. The molecule has 5 heteroatoms. The predicted molar refractivity (Wildman–Crippen MR) is 80.9 cm³/mol. The number of hydrogen-bond acceptors (Lipinski definition) is 5. The molecule has 0 amide bonds. The quantitative estimate of drug-likeness (QED) is 0.792. The highest BCUT2D eigenvalue weighted by Gasteiger charge is 2.23. The van der Waals surface area contributed by atoms with Crippen LogP contribution in [0.15, 0.2) is 12.1 Å². The number of nitrogens with zero attached hydrogens (tertiary/aromatic N) is 1. The lowest BCUT2D eigenvalue weighted by Crippen LogP contribution is -2.36. The van der Waals surface area contributed by atoms with Crippen molar-refractivity contribution in [2.75, 3.05) is 11.1 Å². The van der Waals surface area contributed by atoms with Crippen molar-refractivity contribution >= 4 is 11.5 Å². The van der Waals surface area contributed by atoms with E-state index < -0.39 is 0 Å². The summed E-state index contributed by atoms with van der Waals surface area (Å²) in [5.74, 6) is 1.14. The van der Waals surface area contributed by atoms with Gasteiger partial charge in [0.15, 0.2) is 0 Å². The van der Waals surface area contributed by atoms with Gasteiger partial charge < -0.3 is 20.9 Å². The van der Waals surface area contributed by atoms with Gasteiger partial charge in [-0.2, -0.15) is 4.98 Å². The number of rotatable bonds is 3. The van der Waals surface area contributed by atoms with Gasteiger partial charge in [-0.3, -0.25) is 0 Å². The molecular formula is C15H25N3O2. The number of ether oxygens (including phenoxy) is 1. The van der Waals surface area contributed by atoms with Gasteiger partial charge in [0.1, 0.15) is 11.4 Å². The summed E-state index contributed by atoms with van der Waals surface area (Å²) >= 11 is 0. The summed E-state index contributed by atoms with van der Waals surface area (Å²) in [6.45, 7) is 5.87. The van der Waals surface area contributed by atoms with Crippen LogP contribution in [0.25, 0.3) is 0 Å². The van der Waals surface area contributed by atoms with E-state index in [2.05, 4.69) is 10.3 Å². The summed E-state index contributed by atoms with van der Waals surface area (Å²) < 4.78 is 5.75. The number of nitrogens with two attached hydrogens (primary N) is 1. The van der Waals surface area contributed by atoms with Gasteiger partial charge in [0.05, 0.1) is 17.8 Å². The van der Waals surface area contributed by atoms with Gasteiger partial charge in [0.25, 0.3) is 0 Å². The van der Waals surface area contributed by atoms with Gasteiger partial charge in [0.2, 0.25) is 5.88 Å². The SMILES string of the molecule is CC(C)(C)Oc1nc(NC2CCCCC2O)ccc1N. The standard InChI is InChI=1S/C15H25N3O2/c1-15(2,3)20-14-10(16)8-9-13(18-14)17-11-6-4-5-7-12(11)19/h8-9,11-12,19H,4-7,16H2,1-3H3,(H,17,18). The monoisotopic (exact) mass is 279 g/mol. The van der Waals surface area contributed by atoms with Crippen molar-refractivity contribution in [3.05, 3.63) is 12.1 Å². The van der Waals surface area contributed by atoms with Crippen LogP contribution < -0.4 is 15.8 Å². The number of pyridine rings is 1.